The van der Waals surface area contributed by atoms with E-state index >= 15 is 0 Å². The summed E-state index contributed by atoms with van der Waals surface area (Å²) in [6.45, 7) is 3.98. The molecule has 6 heteroatoms. The van der Waals surface area contributed by atoms with Crippen LogP contribution in [0.25, 0.3) is 0 Å². The molecule has 3 rings (SSSR count). The third-order valence-corrected chi connectivity index (χ3v) is 5.79. The molecule has 3 aromatic rings. The van der Waals surface area contributed by atoms with Crippen LogP contribution >= 0.6 is 22.9 Å². The lowest BCUT2D eigenvalue weighted by Gasteiger charge is -2.20. The first-order valence-corrected chi connectivity index (χ1v) is 10.3. The quantitative estimate of drug-likeness (QED) is 0.601. The van der Waals surface area contributed by atoms with Gasteiger partial charge in [0.15, 0.2) is 6.04 Å². The van der Waals surface area contributed by atoms with Gasteiger partial charge in [0.05, 0.1) is 17.7 Å². The average molecular weight is 416 g/mol. The first kappa shape index (κ1) is 20.4. The molecule has 0 saturated carbocycles. The van der Waals surface area contributed by atoms with Gasteiger partial charge in [-0.3, -0.25) is 4.79 Å². The van der Waals surface area contributed by atoms with Gasteiger partial charge in [0, 0.05) is 10.6 Å². The molecule has 0 saturated heterocycles. The number of hydrogen-bond donors (Lipinski definition) is 2. The number of carbonyl (C=O) groups excluding carboxylic acids is 1. The van der Waals surface area contributed by atoms with Crippen LogP contribution < -0.4 is 15.4 Å². The fourth-order valence-electron chi connectivity index (χ4n) is 3.01. The number of thiophene rings is 1. The van der Waals surface area contributed by atoms with Crippen molar-refractivity contribution in [2.75, 3.05) is 12.4 Å². The lowest BCUT2D eigenvalue weighted by atomic mass is 10.0. The van der Waals surface area contributed by atoms with Crippen molar-refractivity contribution >= 4 is 34.5 Å². The highest BCUT2D eigenvalue weighted by Gasteiger charge is 2.26. The number of anilines is 1. The van der Waals surface area contributed by atoms with E-state index in [0.29, 0.717) is 16.5 Å². The minimum absolute atomic E-state index is 0.0580. The molecule has 3 N–H and O–H groups in total. The number of rotatable bonds is 7. The monoisotopic (exact) mass is 415 g/mol. The van der Waals surface area contributed by atoms with E-state index in [1.54, 1.807) is 36.6 Å². The predicted octanol–water partition coefficient (Wildman–Crippen LogP) is 4.40. The predicted molar refractivity (Wildman–Crippen MR) is 115 cm³/mol. The van der Waals surface area contributed by atoms with Gasteiger partial charge in [-0.15, -0.1) is 11.3 Å². The first-order valence-electron chi connectivity index (χ1n) is 9.07. The number of amides is 1. The Morgan fingerprint density at radius 1 is 1.18 bits per heavy atom. The molecule has 0 aliphatic carbocycles. The molecule has 2 aromatic carbocycles. The third kappa shape index (κ3) is 4.93. The number of nitrogens with two attached hydrogens (primary N) is 1. The summed E-state index contributed by atoms with van der Waals surface area (Å²) in [6, 6.07) is 17.5. The Hall–Kier alpha value is -2.34. The Morgan fingerprint density at radius 3 is 2.57 bits per heavy atom. The SMILES string of the molecule is COc1ccc(Cl)cc1NC(=O)[C@H](C)[NH2+][C@H](c1ccc(C)cc1)c1cccs1. The number of hydrogen-bond acceptors (Lipinski definition) is 3. The van der Waals surface area contributed by atoms with Gasteiger partial charge in [-0.05, 0) is 43.5 Å². The lowest BCUT2D eigenvalue weighted by molar-refractivity contribution is -0.703. The molecule has 0 fully saturated rings. The van der Waals surface area contributed by atoms with E-state index in [0.717, 1.165) is 0 Å². The fraction of sp³-hybridized carbons (Fsp3) is 0.227. The first-order chi connectivity index (χ1) is 13.5. The van der Waals surface area contributed by atoms with Crippen LogP contribution in [0.1, 0.15) is 29.0 Å². The molecule has 1 amide bonds. The second kappa shape index (κ2) is 9.24. The smallest absolute Gasteiger partial charge is 0.282 e. The molecule has 1 aromatic heterocycles. The Morgan fingerprint density at radius 2 is 1.93 bits per heavy atom. The lowest BCUT2D eigenvalue weighted by Crippen LogP contribution is -2.92. The van der Waals surface area contributed by atoms with Crippen LogP contribution in [0.4, 0.5) is 5.69 Å². The number of benzene rings is 2. The van der Waals surface area contributed by atoms with Crippen molar-refractivity contribution in [2.45, 2.75) is 25.9 Å². The van der Waals surface area contributed by atoms with Gasteiger partial charge in [0.25, 0.3) is 5.91 Å². The number of quaternary nitrogens is 1. The summed E-state index contributed by atoms with van der Waals surface area (Å²) in [6.07, 6.45) is 0. The minimum Gasteiger partial charge on any atom is -0.495 e. The van der Waals surface area contributed by atoms with Crippen molar-refractivity contribution in [1.82, 2.24) is 0 Å². The van der Waals surface area contributed by atoms with Crippen molar-refractivity contribution in [3.63, 3.8) is 0 Å². The summed E-state index contributed by atoms with van der Waals surface area (Å²) < 4.78 is 5.32. The summed E-state index contributed by atoms with van der Waals surface area (Å²) in [5.74, 6) is 0.479. The Bertz CT molecular complexity index is 926. The van der Waals surface area contributed by atoms with Crippen molar-refractivity contribution < 1.29 is 14.8 Å². The van der Waals surface area contributed by atoms with E-state index in [4.69, 9.17) is 16.3 Å². The number of aryl methyl sites for hydroxylation is 1. The van der Waals surface area contributed by atoms with Crippen LogP contribution in [0.15, 0.2) is 60.0 Å². The molecule has 28 heavy (non-hydrogen) atoms. The topological polar surface area (TPSA) is 54.9 Å². The van der Waals surface area contributed by atoms with Crippen molar-refractivity contribution in [1.29, 1.82) is 0 Å². The van der Waals surface area contributed by atoms with Crippen LogP contribution in [0.3, 0.4) is 0 Å². The third-order valence-electron chi connectivity index (χ3n) is 4.60. The number of nitrogens with one attached hydrogen (secondary N) is 1. The van der Waals surface area contributed by atoms with E-state index in [1.807, 2.05) is 13.0 Å². The van der Waals surface area contributed by atoms with Crippen molar-refractivity contribution in [3.8, 4) is 5.75 Å². The highest BCUT2D eigenvalue weighted by Crippen LogP contribution is 2.28. The van der Waals surface area contributed by atoms with Gasteiger partial charge in [-0.1, -0.05) is 47.5 Å². The zero-order valence-electron chi connectivity index (χ0n) is 16.1. The largest absolute Gasteiger partial charge is 0.495 e. The number of carbonyl (C=O) groups is 1. The minimum atomic E-state index is -0.308. The van der Waals surface area contributed by atoms with Gasteiger partial charge < -0.3 is 15.4 Å². The number of methoxy groups -OCH3 is 1. The second-order valence-corrected chi connectivity index (χ2v) is 8.13. The molecule has 4 nitrogen and oxygen atoms in total. The highest BCUT2D eigenvalue weighted by molar-refractivity contribution is 7.10. The summed E-state index contributed by atoms with van der Waals surface area (Å²) in [5, 5.41) is 7.63. The zero-order valence-corrected chi connectivity index (χ0v) is 17.7. The maximum atomic E-state index is 12.8. The van der Waals surface area contributed by atoms with Crippen LogP contribution in [-0.4, -0.2) is 19.1 Å². The van der Waals surface area contributed by atoms with E-state index in [9.17, 15) is 4.79 Å². The van der Waals surface area contributed by atoms with Crippen LogP contribution in [-0.2, 0) is 4.79 Å². The molecule has 1 heterocycles. The maximum Gasteiger partial charge on any atom is 0.282 e. The van der Waals surface area contributed by atoms with Gasteiger partial charge in [-0.25, -0.2) is 0 Å². The Labute approximate surface area is 174 Å². The van der Waals surface area contributed by atoms with E-state index in [2.05, 4.69) is 53.3 Å². The van der Waals surface area contributed by atoms with Gasteiger partial charge in [0.1, 0.15) is 11.8 Å². The molecular formula is C22H24ClN2O2S+. The Kier molecular flexibility index (Phi) is 6.73. The summed E-state index contributed by atoms with van der Waals surface area (Å²) in [7, 11) is 1.57. The molecule has 0 aliphatic rings. The summed E-state index contributed by atoms with van der Waals surface area (Å²) >= 11 is 7.76. The maximum absolute atomic E-state index is 12.8. The highest BCUT2D eigenvalue weighted by atomic mass is 35.5. The molecular weight excluding hydrogens is 392 g/mol. The average Bonchev–Trinajstić information content (AvgIpc) is 3.21. The Balaban J connectivity index is 1.78. The second-order valence-electron chi connectivity index (χ2n) is 6.72. The van der Waals surface area contributed by atoms with Crippen LogP contribution in [0.2, 0.25) is 5.02 Å². The van der Waals surface area contributed by atoms with E-state index in [-0.39, 0.29) is 18.0 Å². The standard InChI is InChI=1S/C22H23ClN2O2S/c1-14-6-8-16(9-7-14)21(20-5-4-12-28-20)24-15(2)22(26)25-18-13-17(23)10-11-19(18)27-3/h4-13,15,21,24H,1-3H3,(H,25,26)/p+1/t15-,21+/m0/s1. The van der Waals surface area contributed by atoms with Crippen LogP contribution in [0.5, 0.6) is 5.75 Å². The van der Waals surface area contributed by atoms with Crippen LogP contribution in [0, 0.1) is 6.92 Å². The normalized spacial score (nSPS) is 13.0. The molecule has 0 unspecified atom stereocenters. The van der Waals surface area contributed by atoms with Gasteiger partial charge in [-0.2, -0.15) is 0 Å². The van der Waals surface area contributed by atoms with Crippen molar-refractivity contribution in [3.05, 3.63) is 81.0 Å². The van der Waals surface area contributed by atoms with Gasteiger partial charge in [0.2, 0.25) is 0 Å². The molecule has 0 aliphatic heterocycles. The van der Waals surface area contributed by atoms with E-state index < -0.39 is 0 Å². The molecule has 0 radical (unpaired) electrons. The fourth-order valence-corrected chi connectivity index (χ4v) is 4.02. The summed E-state index contributed by atoms with van der Waals surface area (Å²) in [4.78, 5) is 14.1. The van der Waals surface area contributed by atoms with Gasteiger partial charge >= 0.3 is 0 Å². The van der Waals surface area contributed by atoms with Crippen molar-refractivity contribution in [2.24, 2.45) is 0 Å². The molecule has 0 bridgehead atoms. The molecule has 0 spiro atoms. The summed E-state index contributed by atoms with van der Waals surface area (Å²) in [5.41, 5.74) is 2.96. The van der Waals surface area contributed by atoms with E-state index in [1.165, 1.54) is 16.0 Å². The number of halogens is 1. The molecule has 2 atom stereocenters. The zero-order chi connectivity index (χ0) is 20.1. The number of ether oxygens (including phenoxy) is 1. The molecule has 146 valence electrons.